The van der Waals surface area contributed by atoms with Crippen LogP contribution in [0.2, 0.25) is 0 Å². The van der Waals surface area contributed by atoms with Gasteiger partial charge in [-0.25, -0.2) is 0 Å². The fourth-order valence-corrected chi connectivity index (χ4v) is 2.52. The molecule has 0 saturated carbocycles. The number of carbonyl (C=O) groups excluding carboxylic acids is 2. The molecule has 0 spiro atoms. The first-order valence-corrected chi connectivity index (χ1v) is 7.92. The molecule has 0 atom stereocenters. The molecule has 22 heavy (non-hydrogen) atoms. The van der Waals surface area contributed by atoms with E-state index in [9.17, 15) is 9.59 Å². The van der Waals surface area contributed by atoms with Gasteiger partial charge in [-0.05, 0) is 23.1 Å². The monoisotopic (exact) mass is 314 g/mol. The minimum Gasteiger partial charge on any atom is -0.354 e. The topological polar surface area (TPSA) is 58.2 Å². The van der Waals surface area contributed by atoms with Gasteiger partial charge in [-0.1, -0.05) is 36.4 Å². The molecule has 1 heterocycles. The summed E-state index contributed by atoms with van der Waals surface area (Å²) >= 11 is 1.56. The number of thiophene rings is 1. The Morgan fingerprint density at radius 2 is 1.77 bits per heavy atom. The first-order valence-electron chi connectivity index (χ1n) is 7.04. The number of hydrogen-bond acceptors (Lipinski definition) is 3. The maximum absolute atomic E-state index is 11.6. The van der Waals surface area contributed by atoms with Crippen molar-refractivity contribution in [3.63, 3.8) is 0 Å². The standard InChI is InChI=1S/C17H18N2O2S/c20-16(9-8-14-5-2-1-3-6-14)18-10-11-19-17(21)13-15-7-4-12-22-15/h1-9,12H,10-11,13H2,(H,18,20)(H,19,21)/b9-8+. The molecule has 0 saturated heterocycles. The first kappa shape index (κ1) is 16.0. The molecule has 4 nitrogen and oxygen atoms in total. The third-order valence-electron chi connectivity index (χ3n) is 2.89. The highest BCUT2D eigenvalue weighted by atomic mass is 32.1. The molecule has 114 valence electrons. The van der Waals surface area contributed by atoms with Crippen molar-refractivity contribution in [2.24, 2.45) is 0 Å². The molecule has 2 rings (SSSR count). The summed E-state index contributed by atoms with van der Waals surface area (Å²) in [6, 6.07) is 13.5. The average Bonchev–Trinajstić information content (AvgIpc) is 3.03. The van der Waals surface area contributed by atoms with Crippen LogP contribution < -0.4 is 10.6 Å². The predicted octanol–water partition coefficient (Wildman–Crippen LogP) is 2.24. The van der Waals surface area contributed by atoms with Gasteiger partial charge in [-0.2, -0.15) is 0 Å². The molecular weight excluding hydrogens is 296 g/mol. The lowest BCUT2D eigenvalue weighted by Crippen LogP contribution is -2.34. The molecule has 2 amide bonds. The smallest absolute Gasteiger partial charge is 0.244 e. The van der Waals surface area contributed by atoms with Crippen molar-refractivity contribution in [3.8, 4) is 0 Å². The van der Waals surface area contributed by atoms with E-state index in [0.717, 1.165) is 10.4 Å². The van der Waals surface area contributed by atoms with Crippen LogP contribution in [0, 0.1) is 0 Å². The van der Waals surface area contributed by atoms with Crippen molar-refractivity contribution in [1.29, 1.82) is 0 Å². The quantitative estimate of drug-likeness (QED) is 0.608. The summed E-state index contributed by atoms with van der Waals surface area (Å²) in [6.45, 7) is 0.837. The molecule has 2 aromatic rings. The largest absolute Gasteiger partial charge is 0.354 e. The van der Waals surface area contributed by atoms with Gasteiger partial charge >= 0.3 is 0 Å². The van der Waals surface area contributed by atoms with Crippen LogP contribution in [0.3, 0.4) is 0 Å². The highest BCUT2D eigenvalue weighted by Crippen LogP contribution is 2.08. The third kappa shape index (κ3) is 5.93. The second kappa shape index (κ2) is 8.79. The lowest BCUT2D eigenvalue weighted by Gasteiger charge is -2.05. The van der Waals surface area contributed by atoms with Crippen LogP contribution in [-0.4, -0.2) is 24.9 Å². The fourth-order valence-electron chi connectivity index (χ4n) is 1.82. The summed E-state index contributed by atoms with van der Waals surface area (Å²) in [7, 11) is 0. The van der Waals surface area contributed by atoms with Crippen LogP contribution in [0.25, 0.3) is 6.08 Å². The van der Waals surface area contributed by atoms with E-state index in [2.05, 4.69) is 10.6 Å². The molecule has 1 aromatic heterocycles. The highest BCUT2D eigenvalue weighted by Gasteiger charge is 2.03. The van der Waals surface area contributed by atoms with Gasteiger partial charge in [0.2, 0.25) is 11.8 Å². The van der Waals surface area contributed by atoms with Crippen molar-refractivity contribution in [1.82, 2.24) is 10.6 Å². The lowest BCUT2D eigenvalue weighted by molar-refractivity contribution is -0.121. The van der Waals surface area contributed by atoms with E-state index in [1.54, 1.807) is 17.4 Å². The molecule has 1 aromatic carbocycles. The molecule has 0 radical (unpaired) electrons. The zero-order chi connectivity index (χ0) is 15.6. The van der Waals surface area contributed by atoms with Gasteiger partial charge in [-0.15, -0.1) is 11.3 Å². The minimum absolute atomic E-state index is 0.0310. The van der Waals surface area contributed by atoms with Crippen molar-refractivity contribution >= 4 is 29.2 Å². The molecule has 0 bridgehead atoms. The molecule has 0 aliphatic rings. The van der Waals surface area contributed by atoms with Crippen LogP contribution in [-0.2, 0) is 16.0 Å². The van der Waals surface area contributed by atoms with Gasteiger partial charge in [0.25, 0.3) is 0 Å². The van der Waals surface area contributed by atoms with Crippen LogP contribution >= 0.6 is 11.3 Å². The van der Waals surface area contributed by atoms with Gasteiger partial charge in [0.05, 0.1) is 6.42 Å². The molecule has 0 aliphatic heterocycles. The number of carbonyl (C=O) groups is 2. The van der Waals surface area contributed by atoms with Crippen molar-refractivity contribution in [2.75, 3.05) is 13.1 Å². The Balaban J connectivity index is 1.61. The molecule has 5 heteroatoms. The van der Waals surface area contributed by atoms with E-state index in [4.69, 9.17) is 0 Å². The predicted molar refractivity (Wildman–Crippen MR) is 89.5 cm³/mol. The minimum atomic E-state index is -0.170. The van der Waals surface area contributed by atoms with Gasteiger partial charge in [0.15, 0.2) is 0 Å². The zero-order valence-corrected chi connectivity index (χ0v) is 12.9. The molecule has 0 aliphatic carbocycles. The summed E-state index contributed by atoms with van der Waals surface area (Å²) in [4.78, 5) is 24.3. The Labute approximate surface area is 133 Å². The Kier molecular flexibility index (Phi) is 6.39. The molecular formula is C17H18N2O2S. The van der Waals surface area contributed by atoms with Crippen LogP contribution in [0.4, 0.5) is 0 Å². The van der Waals surface area contributed by atoms with Crippen molar-refractivity contribution in [3.05, 3.63) is 64.4 Å². The second-order valence-corrected chi connectivity index (χ2v) is 5.67. The maximum atomic E-state index is 11.6. The summed E-state index contributed by atoms with van der Waals surface area (Å²) in [5, 5.41) is 7.45. The Bertz CT molecular complexity index is 621. The molecule has 0 fully saturated rings. The van der Waals surface area contributed by atoms with E-state index < -0.39 is 0 Å². The Morgan fingerprint density at radius 3 is 2.50 bits per heavy atom. The maximum Gasteiger partial charge on any atom is 0.244 e. The van der Waals surface area contributed by atoms with E-state index in [0.29, 0.717) is 19.5 Å². The Morgan fingerprint density at radius 1 is 1.00 bits per heavy atom. The van der Waals surface area contributed by atoms with E-state index in [1.807, 2.05) is 47.8 Å². The van der Waals surface area contributed by atoms with E-state index in [1.165, 1.54) is 6.08 Å². The molecule has 0 unspecified atom stereocenters. The summed E-state index contributed by atoms with van der Waals surface area (Å²) in [5.74, 6) is -0.201. The van der Waals surface area contributed by atoms with Gasteiger partial charge in [0, 0.05) is 24.0 Å². The van der Waals surface area contributed by atoms with Crippen LogP contribution in [0.15, 0.2) is 53.9 Å². The van der Waals surface area contributed by atoms with Crippen LogP contribution in [0.5, 0.6) is 0 Å². The third-order valence-corrected chi connectivity index (χ3v) is 3.76. The average molecular weight is 314 g/mol. The van der Waals surface area contributed by atoms with Crippen LogP contribution in [0.1, 0.15) is 10.4 Å². The van der Waals surface area contributed by atoms with Gasteiger partial charge in [0.1, 0.15) is 0 Å². The Hall–Kier alpha value is -2.40. The lowest BCUT2D eigenvalue weighted by atomic mass is 10.2. The van der Waals surface area contributed by atoms with Crippen molar-refractivity contribution in [2.45, 2.75) is 6.42 Å². The number of rotatable bonds is 7. The number of nitrogens with one attached hydrogen (secondary N) is 2. The first-order chi connectivity index (χ1) is 10.7. The fraction of sp³-hybridized carbons (Fsp3) is 0.176. The zero-order valence-electron chi connectivity index (χ0n) is 12.1. The number of benzene rings is 1. The number of hydrogen-bond donors (Lipinski definition) is 2. The van der Waals surface area contributed by atoms with Gasteiger partial charge < -0.3 is 10.6 Å². The molecule has 2 N–H and O–H groups in total. The second-order valence-electron chi connectivity index (χ2n) is 4.64. The highest BCUT2D eigenvalue weighted by molar-refractivity contribution is 7.10. The SMILES string of the molecule is O=C(/C=C/c1ccccc1)NCCNC(=O)Cc1cccs1. The van der Waals surface area contributed by atoms with E-state index >= 15 is 0 Å². The number of amides is 2. The van der Waals surface area contributed by atoms with Gasteiger partial charge in [-0.3, -0.25) is 9.59 Å². The normalized spacial score (nSPS) is 10.5. The summed E-state index contributed by atoms with van der Waals surface area (Å²) in [6.07, 6.45) is 3.63. The van der Waals surface area contributed by atoms with Crippen molar-refractivity contribution < 1.29 is 9.59 Å². The van der Waals surface area contributed by atoms with E-state index in [-0.39, 0.29) is 11.8 Å². The summed E-state index contributed by atoms with van der Waals surface area (Å²) in [5.41, 5.74) is 0.974. The summed E-state index contributed by atoms with van der Waals surface area (Å²) < 4.78 is 0.